The van der Waals surface area contributed by atoms with Crippen LogP contribution in [0.3, 0.4) is 0 Å². The van der Waals surface area contributed by atoms with Gasteiger partial charge in [0.2, 0.25) is 0 Å². The van der Waals surface area contributed by atoms with Crippen LogP contribution in [0.2, 0.25) is 0 Å². The highest BCUT2D eigenvalue weighted by atomic mass is 16.5. The van der Waals surface area contributed by atoms with Gasteiger partial charge in [-0.05, 0) is 36.6 Å². The van der Waals surface area contributed by atoms with Crippen LogP contribution in [-0.4, -0.2) is 37.1 Å². The van der Waals surface area contributed by atoms with E-state index < -0.39 is 6.09 Å². The van der Waals surface area contributed by atoms with Crippen LogP contribution >= 0.6 is 0 Å². The maximum atomic E-state index is 12.9. The summed E-state index contributed by atoms with van der Waals surface area (Å²) in [5.74, 6) is 0.526. The number of hydrogen-bond acceptors (Lipinski definition) is 7. The van der Waals surface area contributed by atoms with Crippen LogP contribution in [0.25, 0.3) is 22.2 Å². The van der Waals surface area contributed by atoms with Crippen molar-refractivity contribution in [3.05, 3.63) is 53.3 Å². The van der Waals surface area contributed by atoms with Crippen LogP contribution in [0.15, 0.2) is 47.7 Å². The lowest BCUT2D eigenvalue weighted by atomic mass is 9.81. The Morgan fingerprint density at radius 1 is 1.11 bits per heavy atom. The molecule has 1 aromatic carbocycles. The number of hydrogen-bond donors (Lipinski definition) is 2. The third kappa shape index (κ3) is 4.10. The number of carbonyl (C=O) groups is 1. The number of pyridine rings is 1. The Balaban J connectivity index is 1.52. The van der Waals surface area contributed by atoms with Crippen molar-refractivity contribution in [3.63, 3.8) is 0 Å². The Labute approximate surface area is 200 Å². The second-order valence-corrected chi connectivity index (χ2v) is 8.66. The third-order valence-electron chi connectivity index (χ3n) is 6.31. The predicted octanol–water partition coefficient (Wildman–Crippen LogP) is 3.53. The van der Waals surface area contributed by atoms with Gasteiger partial charge in [0.05, 0.1) is 42.5 Å². The number of aromatic nitrogens is 5. The number of rotatable bonds is 5. The van der Waals surface area contributed by atoms with Gasteiger partial charge in [-0.15, -0.1) is 0 Å². The van der Waals surface area contributed by atoms with Crippen molar-refractivity contribution in [1.29, 1.82) is 5.26 Å². The summed E-state index contributed by atoms with van der Waals surface area (Å²) in [6.45, 7) is 0. The Hall–Kier alpha value is -4.59. The Bertz CT molecular complexity index is 1530. The number of benzene rings is 1. The Morgan fingerprint density at radius 3 is 2.57 bits per heavy atom. The van der Waals surface area contributed by atoms with E-state index >= 15 is 0 Å². The highest BCUT2D eigenvalue weighted by Gasteiger charge is 2.33. The van der Waals surface area contributed by atoms with E-state index in [1.165, 1.54) is 7.11 Å². The third-order valence-corrected chi connectivity index (χ3v) is 6.31. The fourth-order valence-electron chi connectivity index (χ4n) is 4.41. The van der Waals surface area contributed by atoms with Gasteiger partial charge in [0.25, 0.3) is 0 Å². The van der Waals surface area contributed by atoms with Crippen LogP contribution < -0.4 is 16.3 Å². The number of ether oxygens (including phenoxy) is 1. The van der Waals surface area contributed by atoms with E-state index in [0.29, 0.717) is 30.0 Å². The maximum absolute atomic E-state index is 12.9. The molecule has 0 saturated heterocycles. The molecule has 5 rings (SSSR count). The van der Waals surface area contributed by atoms with E-state index in [-0.39, 0.29) is 17.6 Å². The van der Waals surface area contributed by atoms with Crippen molar-refractivity contribution in [3.8, 4) is 17.2 Å². The summed E-state index contributed by atoms with van der Waals surface area (Å²) in [4.78, 5) is 29.2. The monoisotopic (exact) mass is 472 g/mol. The topological polar surface area (TPSA) is 132 Å². The number of methoxy groups -OCH3 is 1. The van der Waals surface area contributed by atoms with Gasteiger partial charge in [-0.2, -0.15) is 10.4 Å². The smallest absolute Gasteiger partial charge is 0.411 e. The van der Waals surface area contributed by atoms with E-state index in [4.69, 9.17) is 10.00 Å². The van der Waals surface area contributed by atoms with Gasteiger partial charge in [-0.3, -0.25) is 19.1 Å². The zero-order valence-electron chi connectivity index (χ0n) is 19.5. The van der Waals surface area contributed by atoms with Crippen molar-refractivity contribution >= 4 is 34.3 Å². The molecule has 1 aliphatic rings. The van der Waals surface area contributed by atoms with Crippen molar-refractivity contribution < 1.29 is 9.53 Å². The predicted molar refractivity (Wildman–Crippen MR) is 130 cm³/mol. The number of amides is 1. The van der Waals surface area contributed by atoms with E-state index in [1.54, 1.807) is 39.3 Å². The van der Waals surface area contributed by atoms with E-state index in [9.17, 15) is 9.59 Å². The normalized spacial score (nSPS) is 17.0. The molecule has 0 spiro atoms. The molecule has 4 aromatic rings. The minimum absolute atomic E-state index is 0.00383. The Morgan fingerprint density at radius 2 is 1.89 bits per heavy atom. The molecule has 0 radical (unpaired) electrons. The van der Waals surface area contributed by atoms with Crippen molar-refractivity contribution in [1.82, 2.24) is 23.9 Å². The number of nitrogens with zero attached hydrogens (tertiary/aromatic N) is 6. The van der Waals surface area contributed by atoms with E-state index in [1.807, 2.05) is 31.4 Å². The first-order chi connectivity index (χ1) is 16.9. The van der Waals surface area contributed by atoms with Gasteiger partial charge in [-0.25, -0.2) is 14.6 Å². The largest absolute Gasteiger partial charge is 0.453 e. The first-order valence-corrected chi connectivity index (χ1v) is 11.1. The highest BCUT2D eigenvalue weighted by molar-refractivity contribution is 5.88. The lowest BCUT2D eigenvalue weighted by molar-refractivity contribution is 0.187. The number of imidazole rings is 1. The second-order valence-electron chi connectivity index (χ2n) is 8.66. The Kier molecular flexibility index (Phi) is 5.49. The van der Waals surface area contributed by atoms with Gasteiger partial charge in [-0.1, -0.05) is 0 Å². The summed E-state index contributed by atoms with van der Waals surface area (Å²) in [5.41, 5.74) is 4.29. The number of carbonyl (C=O) groups excluding carboxylic acids is 1. The van der Waals surface area contributed by atoms with Gasteiger partial charge in [0.1, 0.15) is 5.82 Å². The molecule has 11 heteroatoms. The highest BCUT2D eigenvalue weighted by Crippen LogP contribution is 2.38. The van der Waals surface area contributed by atoms with Crippen LogP contribution in [0, 0.1) is 17.2 Å². The number of anilines is 3. The average molecular weight is 473 g/mol. The first-order valence-electron chi connectivity index (χ1n) is 11.1. The van der Waals surface area contributed by atoms with Crippen molar-refractivity contribution in [2.75, 3.05) is 17.7 Å². The van der Waals surface area contributed by atoms with Crippen molar-refractivity contribution in [2.24, 2.45) is 20.0 Å². The molecule has 1 amide bonds. The zero-order valence-corrected chi connectivity index (χ0v) is 19.5. The van der Waals surface area contributed by atoms with Gasteiger partial charge in [0, 0.05) is 49.3 Å². The molecule has 1 saturated carbocycles. The van der Waals surface area contributed by atoms with Crippen molar-refractivity contribution in [2.45, 2.75) is 18.9 Å². The fourth-order valence-corrected chi connectivity index (χ4v) is 4.41. The molecule has 178 valence electrons. The molecular formula is C24H24N8O3. The summed E-state index contributed by atoms with van der Waals surface area (Å²) < 4.78 is 9.77. The molecule has 11 nitrogen and oxygen atoms in total. The molecule has 0 aliphatic heterocycles. The summed E-state index contributed by atoms with van der Waals surface area (Å²) in [7, 11) is 4.86. The summed E-state index contributed by atoms with van der Waals surface area (Å²) >= 11 is 0. The molecule has 0 atom stereocenters. The fraction of sp³-hybridized carbons (Fsp3) is 0.292. The molecule has 2 N–H and O–H groups in total. The number of nitriles is 1. The average Bonchev–Trinajstić information content (AvgIpc) is 3.35. The van der Waals surface area contributed by atoms with E-state index in [0.717, 1.165) is 22.2 Å². The molecule has 35 heavy (non-hydrogen) atoms. The molecule has 0 unspecified atom stereocenters. The lowest BCUT2D eigenvalue weighted by Crippen LogP contribution is -2.33. The molecule has 0 bridgehead atoms. The minimum atomic E-state index is -0.580. The first kappa shape index (κ1) is 22.2. The quantitative estimate of drug-likeness (QED) is 0.454. The number of aryl methyl sites for hydroxylation is 2. The maximum Gasteiger partial charge on any atom is 0.411 e. The summed E-state index contributed by atoms with van der Waals surface area (Å²) in [5, 5.41) is 19.4. The lowest BCUT2D eigenvalue weighted by Gasteiger charge is -2.31. The summed E-state index contributed by atoms with van der Waals surface area (Å²) in [6, 6.07) is 9.62. The van der Waals surface area contributed by atoms with Crippen LogP contribution in [-0.2, 0) is 18.8 Å². The SMILES string of the molecule is COC(=O)Nc1cc(Nc2cc3c(cn2)n(C)c(=O)n3C2CC(C#N)C2)cc(-c2cnn(C)c2)c1. The molecule has 1 aliphatic carbocycles. The summed E-state index contributed by atoms with van der Waals surface area (Å²) in [6.07, 6.45) is 6.02. The zero-order chi connectivity index (χ0) is 24.7. The van der Waals surface area contributed by atoms with Gasteiger partial charge < -0.3 is 10.1 Å². The van der Waals surface area contributed by atoms with Crippen LogP contribution in [0.4, 0.5) is 22.0 Å². The number of fused-ring (bicyclic) bond motifs is 1. The molecule has 1 fully saturated rings. The van der Waals surface area contributed by atoms with Crippen LogP contribution in [0.5, 0.6) is 0 Å². The van der Waals surface area contributed by atoms with Gasteiger partial charge in [0.15, 0.2) is 0 Å². The minimum Gasteiger partial charge on any atom is -0.453 e. The number of nitrogens with one attached hydrogen (secondary N) is 2. The molecule has 3 heterocycles. The van der Waals surface area contributed by atoms with Gasteiger partial charge >= 0.3 is 11.8 Å². The molecule has 3 aromatic heterocycles. The van der Waals surface area contributed by atoms with E-state index in [2.05, 4.69) is 26.8 Å². The second kappa shape index (κ2) is 8.64. The van der Waals surface area contributed by atoms with Crippen LogP contribution in [0.1, 0.15) is 18.9 Å². The standard InChI is InChI=1S/C24H24N8O3/c1-30-13-16(11-27-30)15-6-17(8-18(7-15)29-23(33)35-3)28-22-9-20-21(12-26-22)31(2)24(34)32(20)19-4-14(5-19)10-25/h6-9,11-14,19H,4-5H2,1-3H3,(H,26,28)(H,29,33). The molecular weight excluding hydrogens is 448 g/mol.